The highest BCUT2D eigenvalue weighted by molar-refractivity contribution is 9.10. The van der Waals surface area contributed by atoms with Gasteiger partial charge in [-0.2, -0.15) is 0 Å². The summed E-state index contributed by atoms with van der Waals surface area (Å²) in [6, 6.07) is 5.60. The molecule has 0 fully saturated rings. The smallest absolute Gasteiger partial charge is 0.239 e. The van der Waals surface area contributed by atoms with Gasteiger partial charge < -0.3 is 20.1 Å². The Morgan fingerprint density at radius 2 is 2.26 bits per heavy atom. The van der Waals surface area contributed by atoms with Crippen LogP contribution in [0.2, 0.25) is 0 Å². The SMILES string of the molecule is COCCNC(=O)CN(C)c1ccc(Br)cc1CO. The molecule has 0 saturated heterocycles. The van der Waals surface area contributed by atoms with Crippen molar-refractivity contribution < 1.29 is 14.6 Å². The highest BCUT2D eigenvalue weighted by Gasteiger charge is 2.11. The van der Waals surface area contributed by atoms with Crippen LogP contribution in [0.5, 0.6) is 0 Å². The van der Waals surface area contributed by atoms with Crippen LogP contribution in [-0.4, -0.2) is 44.9 Å². The molecular formula is C13H19BrN2O3. The van der Waals surface area contributed by atoms with Crippen molar-refractivity contribution in [3.8, 4) is 0 Å². The molecule has 0 bridgehead atoms. The molecule has 0 heterocycles. The molecule has 0 aliphatic carbocycles. The Hall–Kier alpha value is -1.11. The molecule has 5 nitrogen and oxygen atoms in total. The number of aliphatic hydroxyl groups excluding tert-OH is 1. The quantitative estimate of drug-likeness (QED) is 0.736. The number of benzene rings is 1. The molecule has 0 atom stereocenters. The number of nitrogens with one attached hydrogen (secondary N) is 1. The van der Waals surface area contributed by atoms with Crippen molar-refractivity contribution >= 4 is 27.5 Å². The summed E-state index contributed by atoms with van der Waals surface area (Å²) in [5, 5.41) is 12.1. The first-order chi connectivity index (χ1) is 9.08. The van der Waals surface area contributed by atoms with Crippen LogP contribution in [0.4, 0.5) is 5.69 Å². The summed E-state index contributed by atoms with van der Waals surface area (Å²) >= 11 is 3.36. The van der Waals surface area contributed by atoms with E-state index in [1.54, 1.807) is 12.0 Å². The van der Waals surface area contributed by atoms with E-state index >= 15 is 0 Å². The van der Waals surface area contributed by atoms with Gasteiger partial charge in [-0.25, -0.2) is 0 Å². The summed E-state index contributed by atoms with van der Waals surface area (Å²) in [6.07, 6.45) is 0. The van der Waals surface area contributed by atoms with Crippen molar-refractivity contribution in [1.82, 2.24) is 5.32 Å². The second-order valence-electron chi connectivity index (χ2n) is 4.13. The van der Waals surface area contributed by atoms with Gasteiger partial charge in [0.25, 0.3) is 0 Å². The number of carbonyl (C=O) groups is 1. The number of likely N-dealkylation sites (N-methyl/N-ethyl adjacent to an activating group) is 1. The fourth-order valence-corrected chi connectivity index (χ4v) is 2.11. The van der Waals surface area contributed by atoms with E-state index in [-0.39, 0.29) is 19.1 Å². The van der Waals surface area contributed by atoms with Gasteiger partial charge in [0.1, 0.15) is 0 Å². The second-order valence-corrected chi connectivity index (χ2v) is 5.05. The number of nitrogens with zero attached hydrogens (tertiary/aromatic N) is 1. The maximum atomic E-state index is 11.7. The van der Waals surface area contributed by atoms with Gasteiger partial charge in [-0.1, -0.05) is 15.9 Å². The number of hydrogen-bond donors (Lipinski definition) is 2. The van der Waals surface area contributed by atoms with Gasteiger partial charge in [-0.3, -0.25) is 4.79 Å². The van der Waals surface area contributed by atoms with Crippen LogP contribution in [0.15, 0.2) is 22.7 Å². The van der Waals surface area contributed by atoms with Crippen molar-refractivity contribution in [2.24, 2.45) is 0 Å². The van der Waals surface area contributed by atoms with Crippen LogP contribution in [0.25, 0.3) is 0 Å². The number of halogens is 1. The third kappa shape index (κ3) is 5.18. The molecule has 0 unspecified atom stereocenters. The number of amides is 1. The fraction of sp³-hybridized carbons (Fsp3) is 0.462. The molecule has 1 amide bonds. The third-order valence-electron chi connectivity index (χ3n) is 2.63. The van der Waals surface area contributed by atoms with E-state index in [1.807, 2.05) is 25.2 Å². The van der Waals surface area contributed by atoms with E-state index in [0.717, 1.165) is 15.7 Å². The summed E-state index contributed by atoms with van der Waals surface area (Å²) in [6.45, 7) is 1.16. The molecule has 1 rings (SSSR count). The van der Waals surface area contributed by atoms with Crippen molar-refractivity contribution in [2.45, 2.75) is 6.61 Å². The minimum atomic E-state index is -0.0774. The molecule has 1 aromatic carbocycles. The Bertz CT molecular complexity index is 426. The molecular weight excluding hydrogens is 312 g/mol. The zero-order chi connectivity index (χ0) is 14.3. The molecule has 2 N–H and O–H groups in total. The van der Waals surface area contributed by atoms with E-state index in [9.17, 15) is 9.90 Å². The van der Waals surface area contributed by atoms with Crippen LogP contribution in [-0.2, 0) is 16.1 Å². The Balaban J connectivity index is 2.62. The van der Waals surface area contributed by atoms with Gasteiger partial charge in [0.05, 0.1) is 19.8 Å². The van der Waals surface area contributed by atoms with Gasteiger partial charge >= 0.3 is 0 Å². The highest BCUT2D eigenvalue weighted by atomic mass is 79.9. The minimum Gasteiger partial charge on any atom is -0.392 e. The molecule has 0 aliphatic rings. The molecule has 0 spiro atoms. The van der Waals surface area contributed by atoms with Gasteiger partial charge in [-0.05, 0) is 18.2 Å². The van der Waals surface area contributed by atoms with Gasteiger partial charge in [0, 0.05) is 36.4 Å². The lowest BCUT2D eigenvalue weighted by atomic mass is 10.1. The summed E-state index contributed by atoms with van der Waals surface area (Å²) < 4.78 is 5.77. The monoisotopic (exact) mass is 330 g/mol. The first-order valence-corrected chi connectivity index (χ1v) is 6.73. The molecule has 0 saturated carbocycles. The Kier molecular flexibility index (Phi) is 6.83. The second kappa shape index (κ2) is 8.14. The predicted molar refractivity (Wildman–Crippen MR) is 78.2 cm³/mol. The van der Waals surface area contributed by atoms with Gasteiger partial charge in [0.15, 0.2) is 0 Å². The number of anilines is 1. The lowest BCUT2D eigenvalue weighted by Crippen LogP contribution is -2.37. The Morgan fingerprint density at radius 3 is 2.89 bits per heavy atom. The van der Waals surface area contributed by atoms with Crippen LogP contribution >= 0.6 is 15.9 Å². The van der Waals surface area contributed by atoms with Crippen molar-refractivity contribution in [2.75, 3.05) is 38.8 Å². The predicted octanol–water partition coefficient (Wildman–Crippen LogP) is 1.14. The van der Waals surface area contributed by atoms with E-state index in [2.05, 4.69) is 21.2 Å². The van der Waals surface area contributed by atoms with Crippen LogP contribution in [0, 0.1) is 0 Å². The molecule has 0 aliphatic heterocycles. The van der Waals surface area contributed by atoms with Crippen molar-refractivity contribution in [3.63, 3.8) is 0 Å². The largest absolute Gasteiger partial charge is 0.392 e. The molecule has 0 aromatic heterocycles. The third-order valence-corrected chi connectivity index (χ3v) is 3.13. The van der Waals surface area contributed by atoms with E-state index in [1.165, 1.54) is 0 Å². The highest BCUT2D eigenvalue weighted by Crippen LogP contribution is 2.23. The van der Waals surface area contributed by atoms with E-state index in [4.69, 9.17) is 4.74 Å². The molecule has 19 heavy (non-hydrogen) atoms. The maximum Gasteiger partial charge on any atom is 0.239 e. The van der Waals surface area contributed by atoms with E-state index < -0.39 is 0 Å². The number of carbonyl (C=O) groups excluding carboxylic acids is 1. The van der Waals surface area contributed by atoms with Crippen LogP contribution in [0.1, 0.15) is 5.56 Å². The van der Waals surface area contributed by atoms with Crippen LogP contribution in [0.3, 0.4) is 0 Å². The van der Waals surface area contributed by atoms with Crippen molar-refractivity contribution in [3.05, 3.63) is 28.2 Å². The number of ether oxygens (including phenoxy) is 1. The summed E-state index contributed by atoms with van der Waals surface area (Å²) in [7, 11) is 3.41. The molecule has 0 radical (unpaired) electrons. The first-order valence-electron chi connectivity index (χ1n) is 5.94. The Labute approximate surface area is 121 Å². The first kappa shape index (κ1) is 15.9. The van der Waals surface area contributed by atoms with E-state index in [0.29, 0.717) is 13.2 Å². The number of rotatable bonds is 7. The molecule has 6 heteroatoms. The molecule has 106 valence electrons. The topological polar surface area (TPSA) is 61.8 Å². The lowest BCUT2D eigenvalue weighted by Gasteiger charge is -2.21. The van der Waals surface area contributed by atoms with Crippen LogP contribution < -0.4 is 10.2 Å². The van der Waals surface area contributed by atoms with Crippen molar-refractivity contribution in [1.29, 1.82) is 0 Å². The van der Waals surface area contributed by atoms with Gasteiger partial charge in [-0.15, -0.1) is 0 Å². The number of aliphatic hydroxyl groups is 1. The average Bonchev–Trinajstić information content (AvgIpc) is 2.38. The van der Waals surface area contributed by atoms with Gasteiger partial charge in [0.2, 0.25) is 5.91 Å². The Morgan fingerprint density at radius 1 is 1.53 bits per heavy atom. The maximum absolute atomic E-state index is 11.7. The standard InChI is InChI=1S/C13H19BrN2O3/c1-16(8-13(18)15-5-6-19-2)12-4-3-11(14)7-10(12)9-17/h3-4,7,17H,5-6,8-9H2,1-2H3,(H,15,18). The number of methoxy groups -OCH3 is 1. The lowest BCUT2D eigenvalue weighted by molar-refractivity contribution is -0.119. The fourth-order valence-electron chi connectivity index (χ4n) is 1.70. The average molecular weight is 331 g/mol. The minimum absolute atomic E-state index is 0.0651. The zero-order valence-electron chi connectivity index (χ0n) is 11.1. The summed E-state index contributed by atoms with van der Waals surface area (Å²) in [5.74, 6) is -0.0774. The zero-order valence-corrected chi connectivity index (χ0v) is 12.7. The normalized spacial score (nSPS) is 10.3. The molecule has 1 aromatic rings. The number of hydrogen-bond acceptors (Lipinski definition) is 4. The summed E-state index contributed by atoms with van der Waals surface area (Å²) in [5.41, 5.74) is 1.62. The summed E-state index contributed by atoms with van der Waals surface area (Å²) in [4.78, 5) is 13.5.